The second kappa shape index (κ2) is 6.47. The normalized spacial score (nSPS) is 21.6. The molecule has 1 saturated heterocycles. The lowest BCUT2D eigenvalue weighted by Crippen LogP contribution is -2.49. The van der Waals surface area contributed by atoms with Gasteiger partial charge in [0, 0.05) is 6.08 Å². The molecule has 1 fully saturated rings. The minimum Gasteiger partial charge on any atom is -0.463 e. The lowest BCUT2D eigenvalue weighted by molar-refractivity contribution is -0.137. The maximum atomic E-state index is 12.3. The molecule has 0 aromatic rings. The van der Waals surface area contributed by atoms with Crippen LogP contribution in [0.5, 0.6) is 0 Å². The van der Waals surface area contributed by atoms with Gasteiger partial charge in [-0.15, -0.1) is 0 Å². The van der Waals surface area contributed by atoms with E-state index < -0.39 is 23.4 Å². The molecule has 0 aromatic heterocycles. The summed E-state index contributed by atoms with van der Waals surface area (Å²) in [5.41, 5.74) is -1.38. The summed E-state index contributed by atoms with van der Waals surface area (Å²) in [4.78, 5) is 25.2. The topological polar surface area (TPSA) is 65.1 Å². The van der Waals surface area contributed by atoms with Crippen LogP contribution in [0.15, 0.2) is 12.2 Å². The summed E-state index contributed by atoms with van der Waals surface area (Å²) in [6, 6.07) is -0.362. The van der Waals surface area contributed by atoms with Gasteiger partial charge in [-0.05, 0) is 41.5 Å². The predicted molar refractivity (Wildman–Crippen MR) is 77.7 cm³/mol. The van der Waals surface area contributed by atoms with Gasteiger partial charge in [-0.25, -0.2) is 9.59 Å². The number of carbonyl (C=O) groups is 2. The van der Waals surface area contributed by atoms with Crippen molar-refractivity contribution in [3.8, 4) is 0 Å². The Kier molecular flexibility index (Phi) is 5.39. The molecular weight excluding hydrogens is 274 g/mol. The van der Waals surface area contributed by atoms with Crippen LogP contribution in [0, 0.1) is 0 Å². The number of esters is 1. The molecule has 0 unspecified atom stereocenters. The summed E-state index contributed by atoms with van der Waals surface area (Å²) in [5.74, 6) is -0.439. The van der Waals surface area contributed by atoms with Crippen LogP contribution in [0.4, 0.5) is 4.79 Å². The maximum Gasteiger partial charge on any atom is 0.413 e. The van der Waals surface area contributed by atoms with Crippen LogP contribution in [-0.4, -0.2) is 47.5 Å². The first-order chi connectivity index (χ1) is 9.57. The lowest BCUT2D eigenvalue weighted by atomic mass is 10.2. The Hall–Kier alpha value is -1.56. The van der Waals surface area contributed by atoms with Crippen LogP contribution in [-0.2, 0) is 19.0 Å². The van der Waals surface area contributed by atoms with Crippen molar-refractivity contribution in [3.05, 3.63) is 12.2 Å². The SMILES string of the molecule is CCOC(=O)/C=C\[C@@H]1COC(C)(C)N1C(=O)OC(C)(C)C. The highest BCUT2D eigenvalue weighted by Gasteiger charge is 2.44. The van der Waals surface area contributed by atoms with Gasteiger partial charge in [0.2, 0.25) is 0 Å². The van der Waals surface area contributed by atoms with E-state index in [2.05, 4.69) is 0 Å². The number of hydrogen-bond acceptors (Lipinski definition) is 5. The van der Waals surface area contributed by atoms with Crippen molar-refractivity contribution in [2.24, 2.45) is 0 Å². The van der Waals surface area contributed by atoms with Crippen molar-refractivity contribution >= 4 is 12.1 Å². The summed E-state index contributed by atoms with van der Waals surface area (Å²) < 4.78 is 15.8. The zero-order chi connectivity index (χ0) is 16.3. The highest BCUT2D eigenvalue weighted by molar-refractivity contribution is 5.82. The first-order valence-electron chi connectivity index (χ1n) is 7.08. The van der Waals surface area contributed by atoms with E-state index in [4.69, 9.17) is 14.2 Å². The van der Waals surface area contributed by atoms with Gasteiger partial charge in [-0.1, -0.05) is 6.08 Å². The van der Waals surface area contributed by atoms with Gasteiger partial charge >= 0.3 is 12.1 Å². The van der Waals surface area contributed by atoms with E-state index >= 15 is 0 Å². The fourth-order valence-corrected chi connectivity index (χ4v) is 2.02. The van der Waals surface area contributed by atoms with Crippen molar-refractivity contribution in [1.29, 1.82) is 0 Å². The molecular formula is C15H25NO5. The summed E-state index contributed by atoms with van der Waals surface area (Å²) >= 11 is 0. The van der Waals surface area contributed by atoms with E-state index in [1.165, 1.54) is 11.0 Å². The molecule has 1 heterocycles. The van der Waals surface area contributed by atoms with Crippen LogP contribution in [0.2, 0.25) is 0 Å². The quantitative estimate of drug-likeness (QED) is 0.591. The lowest BCUT2D eigenvalue weighted by Gasteiger charge is -2.34. The first-order valence-corrected chi connectivity index (χ1v) is 7.08. The molecule has 6 heteroatoms. The Morgan fingerprint density at radius 3 is 2.52 bits per heavy atom. The monoisotopic (exact) mass is 299 g/mol. The number of ether oxygens (including phenoxy) is 3. The molecule has 0 aromatic carbocycles. The van der Waals surface area contributed by atoms with Crippen LogP contribution >= 0.6 is 0 Å². The van der Waals surface area contributed by atoms with Gasteiger partial charge in [0.15, 0.2) is 0 Å². The fraction of sp³-hybridized carbons (Fsp3) is 0.733. The Morgan fingerprint density at radius 1 is 1.38 bits per heavy atom. The van der Waals surface area contributed by atoms with E-state index in [-0.39, 0.29) is 6.04 Å². The highest BCUT2D eigenvalue weighted by atomic mass is 16.6. The molecule has 21 heavy (non-hydrogen) atoms. The second-order valence-electron chi connectivity index (χ2n) is 6.29. The number of carbonyl (C=O) groups excluding carboxylic acids is 2. The van der Waals surface area contributed by atoms with Crippen molar-refractivity contribution in [1.82, 2.24) is 4.90 Å². The third-order valence-corrected chi connectivity index (χ3v) is 2.85. The molecule has 1 amide bonds. The third kappa shape index (κ3) is 5.04. The smallest absolute Gasteiger partial charge is 0.413 e. The van der Waals surface area contributed by atoms with E-state index in [1.54, 1.807) is 47.6 Å². The van der Waals surface area contributed by atoms with E-state index in [0.29, 0.717) is 13.2 Å². The molecule has 0 radical (unpaired) electrons. The average Bonchev–Trinajstić information content (AvgIpc) is 2.60. The third-order valence-electron chi connectivity index (χ3n) is 2.85. The summed E-state index contributed by atoms with van der Waals surface area (Å²) in [7, 11) is 0. The average molecular weight is 299 g/mol. The summed E-state index contributed by atoms with van der Waals surface area (Å²) in [6.45, 7) is 11.3. The molecule has 0 aliphatic carbocycles. The first kappa shape index (κ1) is 17.5. The summed E-state index contributed by atoms with van der Waals surface area (Å²) in [6.07, 6.45) is 2.45. The van der Waals surface area contributed by atoms with Crippen molar-refractivity contribution in [2.75, 3.05) is 13.2 Å². The van der Waals surface area contributed by atoms with Gasteiger partial charge in [0.25, 0.3) is 0 Å². The molecule has 6 nitrogen and oxygen atoms in total. The molecule has 1 atom stereocenters. The van der Waals surface area contributed by atoms with Crippen molar-refractivity contribution < 1.29 is 23.8 Å². The number of rotatable bonds is 3. The minimum atomic E-state index is -0.786. The molecule has 0 bridgehead atoms. The molecule has 1 rings (SSSR count). The number of amides is 1. The maximum absolute atomic E-state index is 12.3. The van der Waals surface area contributed by atoms with Crippen molar-refractivity contribution in [2.45, 2.75) is 58.9 Å². The molecule has 1 aliphatic rings. The number of nitrogens with zero attached hydrogens (tertiary/aromatic N) is 1. The van der Waals surface area contributed by atoms with Gasteiger partial charge in [0.1, 0.15) is 11.3 Å². The zero-order valence-corrected chi connectivity index (χ0v) is 13.6. The van der Waals surface area contributed by atoms with E-state index in [1.807, 2.05) is 0 Å². The van der Waals surface area contributed by atoms with Crippen LogP contribution < -0.4 is 0 Å². The molecule has 120 valence electrons. The van der Waals surface area contributed by atoms with Gasteiger partial charge in [0.05, 0.1) is 19.3 Å². The van der Waals surface area contributed by atoms with E-state index in [0.717, 1.165) is 0 Å². The molecule has 0 N–H and O–H groups in total. The van der Waals surface area contributed by atoms with Gasteiger partial charge in [-0.3, -0.25) is 4.90 Å². The van der Waals surface area contributed by atoms with Crippen LogP contribution in [0.1, 0.15) is 41.5 Å². The molecule has 0 spiro atoms. The standard InChI is InChI=1S/C15H25NO5/c1-7-19-12(17)9-8-11-10-20-15(5,6)16(11)13(18)21-14(2,3)4/h8-9,11H,7,10H2,1-6H3/b9-8-/t11-/m1/s1. The molecule has 0 saturated carbocycles. The Morgan fingerprint density at radius 2 is 2.00 bits per heavy atom. The predicted octanol–water partition coefficient (Wildman–Crippen LogP) is 2.48. The van der Waals surface area contributed by atoms with Gasteiger partial charge in [-0.2, -0.15) is 0 Å². The van der Waals surface area contributed by atoms with Crippen LogP contribution in [0.3, 0.4) is 0 Å². The Balaban J connectivity index is 2.84. The fourth-order valence-electron chi connectivity index (χ4n) is 2.02. The molecule has 1 aliphatic heterocycles. The second-order valence-corrected chi connectivity index (χ2v) is 6.29. The Labute approximate surface area is 126 Å². The van der Waals surface area contributed by atoms with E-state index in [9.17, 15) is 9.59 Å². The van der Waals surface area contributed by atoms with Crippen molar-refractivity contribution in [3.63, 3.8) is 0 Å². The largest absolute Gasteiger partial charge is 0.463 e. The zero-order valence-electron chi connectivity index (χ0n) is 13.6. The number of hydrogen-bond donors (Lipinski definition) is 0. The Bertz CT molecular complexity index is 422. The van der Waals surface area contributed by atoms with Crippen LogP contribution in [0.25, 0.3) is 0 Å². The minimum absolute atomic E-state index is 0.308. The summed E-state index contributed by atoms with van der Waals surface area (Å²) in [5, 5.41) is 0. The highest BCUT2D eigenvalue weighted by Crippen LogP contribution is 2.29. The van der Waals surface area contributed by atoms with Gasteiger partial charge < -0.3 is 14.2 Å².